The maximum atomic E-state index is 5.91. The molecule has 1 saturated carbocycles. The molecule has 0 bridgehead atoms. The van der Waals surface area contributed by atoms with Gasteiger partial charge in [-0.2, -0.15) is 0 Å². The Hall–Kier alpha value is -1.90. The number of nitrogens with zero attached hydrogens (tertiary/aromatic N) is 2. The Balaban J connectivity index is 1.35. The van der Waals surface area contributed by atoms with Gasteiger partial charge in [-0.15, -0.1) is 0 Å². The zero-order valence-corrected chi connectivity index (χ0v) is 20.5. The molecule has 0 N–H and O–H groups in total. The van der Waals surface area contributed by atoms with Crippen molar-refractivity contribution in [3.8, 4) is 17.1 Å². The molecule has 1 heterocycles. The second kappa shape index (κ2) is 14.3. The van der Waals surface area contributed by atoms with E-state index in [-0.39, 0.29) is 0 Å². The summed E-state index contributed by atoms with van der Waals surface area (Å²) in [5, 5.41) is 0. The number of benzene rings is 1. The predicted molar refractivity (Wildman–Crippen MR) is 135 cm³/mol. The van der Waals surface area contributed by atoms with Crippen LogP contribution in [0.1, 0.15) is 103 Å². The molecular weight excluding hydrogens is 392 g/mol. The first-order valence-corrected chi connectivity index (χ1v) is 13.3. The lowest BCUT2D eigenvalue weighted by molar-refractivity contribution is 0.258. The molecule has 176 valence electrons. The summed E-state index contributed by atoms with van der Waals surface area (Å²) in [6.07, 6.45) is 22.6. The Morgan fingerprint density at radius 3 is 2.06 bits per heavy atom. The van der Waals surface area contributed by atoms with Crippen LogP contribution in [0.25, 0.3) is 11.4 Å². The number of rotatable bonds is 14. The molecule has 0 unspecified atom stereocenters. The van der Waals surface area contributed by atoms with Gasteiger partial charge in [0, 0.05) is 18.0 Å². The monoisotopic (exact) mass is 436 g/mol. The highest BCUT2D eigenvalue weighted by Crippen LogP contribution is 2.33. The summed E-state index contributed by atoms with van der Waals surface area (Å²) >= 11 is 0. The number of aryl methyl sites for hydroxylation is 1. The van der Waals surface area contributed by atoms with Gasteiger partial charge in [-0.05, 0) is 60.9 Å². The molecule has 1 aliphatic carbocycles. The molecular formula is C29H44N2O. The van der Waals surface area contributed by atoms with Crippen LogP contribution in [0.2, 0.25) is 0 Å². The van der Waals surface area contributed by atoms with Crippen LogP contribution in [-0.2, 0) is 6.42 Å². The van der Waals surface area contributed by atoms with E-state index >= 15 is 0 Å². The van der Waals surface area contributed by atoms with Crippen molar-refractivity contribution in [3.63, 3.8) is 0 Å². The van der Waals surface area contributed by atoms with Gasteiger partial charge in [0.15, 0.2) is 5.82 Å². The lowest BCUT2D eigenvalue weighted by Gasteiger charge is -2.27. The average molecular weight is 437 g/mol. The molecule has 0 amide bonds. The van der Waals surface area contributed by atoms with Crippen LogP contribution in [0.4, 0.5) is 0 Å². The van der Waals surface area contributed by atoms with Crippen molar-refractivity contribution < 1.29 is 4.74 Å². The summed E-state index contributed by atoms with van der Waals surface area (Å²) in [6, 6.07) is 8.23. The van der Waals surface area contributed by atoms with E-state index in [1.807, 2.05) is 24.5 Å². The number of ether oxygens (including phenoxy) is 1. The number of aromatic nitrogens is 2. The van der Waals surface area contributed by atoms with E-state index in [1.165, 1.54) is 82.6 Å². The minimum atomic E-state index is 0.802. The van der Waals surface area contributed by atoms with Gasteiger partial charge in [-0.25, -0.2) is 9.97 Å². The first-order chi connectivity index (χ1) is 15.8. The fourth-order valence-electron chi connectivity index (χ4n) is 4.88. The third kappa shape index (κ3) is 8.56. The molecule has 1 aromatic carbocycles. The maximum absolute atomic E-state index is 5.91. The van der Waals surface area contributed by atoms with Crippen molar-refractivity contribution in [2.45, 2.75) is 104 Å². The van der Waals surface area contributed by atoms with Gasteiger partial charge < -0.3 is 4.74 Å². The zero-order valence-electron chi connectivity index (χ0n) is 20.5. The van der Waals surface area contributed by atoms with Crippen molar-refractivity contribution in [2.24, 2.45) is 11.8 Å². The Kier molecular flexibility index (Phi) is 11.0. The lowest BCUT2D eigenvalue weighted by Crippen LogP contribution is -2.14. The first-order valence-electron chi connectivity index (χ1n) is 13.3. The van der Waals surface area contributed by atoms with Crippen molar-refractivity contribution in [1.29, 1.82) is 0 Å². The highest BCUT2D eigenvalue weighted by atomic mass is 16.5. The highest BCUT2D eigenvalue weighted by Gasteiger charge is 2.19. The van der Waals surface area contributed by atoms with E-state index in [0.29, 0.717) is 0 Å². The highest BCUT2D eigenvalue weighted by molar-refractivity contribution is 5.55. The summed E-state index contributed by atoms with van der Waals surface area (Å²) in [5.41, 5.74) is 2.32. The SMILES string of the molecule is CCCCCCCCCOc1ccc(-c2ncc(CCC3CCC(CC)CC3)cn2)cc1. The summed E-state index contributed by atoms with van der Waals surface area (Å²) in [7, 11) is 0. The quantitative estimate of drug-likeness (QED) is 0.279. The van der Waals surface area contributed by atoms with Crippen LogP contribution in [0.3, 0.4) is 0 Å². The van der Waals surface area contributed by atoms with Gasteiger partial charge in [0.05, 0.1) is 6.61 Å². The number of unbranched alkanes of at least 4 members (excludes halogenated alkanes) is 6. The lowest BCUT2D eigenvalue weighted by atomic mass is 9.79. The van der Waals surface area contributed by atoms with Crippen LogP contribution < -0.4 is 4.74 Å². The molecule has 3 nitrogen and oxygen atoms in total. The molecule has 0 spiro atoms. The van der Waals surface area contributed by atoms with Crippen LogP contribution in [0, 0.1) is 11.8 Å². The van der Waals surface area contributed by atoms with Gasteiger partial charge in [-0.3, -0.25) is 0 Å². The van der Waals surface area contributed by atoms with Crippen molar-refractivity contribution in [2.75, 3.05) is 6.61 Å². The Bertz CT molecular complexity index is 733. The normalized spacial score (nSPS) is 18.6. The fraction of sp³-hybridized carbons (Fsp3) is 0.655. The third-order valence-corrected chi connectivity index (χ3v) is 7.22. The van der Waals surface area contributed by atoms with E-state index in [0.717, 1.165) is 48.4 Å². The third-order valence-electron chi connectivity index (χ3n) is 7.22. The van der Waals surface area contributed by atoms with Gasteiger partial charge in [0.25, 0.3) is 0 Å². The van der Waals surface area contributed by atoms with E-state index in [1.54, 1.807) is 0 Å². The van der Waals surface area contributed by atoms with Crippen LogP contribution in [0.15, 0.2) is 36.7 Å². The standard InChI is InChI=1S/C29H44N2O/c1-3-5-6-7-8-9-10-21-32-28-19-17-27(18-20-28)29-30-22-26(23-31-29)16-15-25-13-11-24(4-2)12-14-25/h17-20,22-25H,3-16,21H2,1-2H3. The summed E-state index contributed by atoms with van der Waals surface area (Å²) in [6.45, 7) is 5.40. The molecule has 0 radical (unpaired) electrons. The largest absolute Gasteiger partial charge is 0.494 e. The van der Waals surface area contributed by atoms with Gasteiger partial charge >= 0.3 is 0 Å². The average Bonchev–Trinajstić information content (AvgIpc) is 2.85. The van der Waals surface area contributed by atoms with Gasteiger partial charge in [0.1, 0.15) is 5.75 Å². The van der Waals surface area contributed by atoms with Crippen molar-refractivity contribution >= 4 is 0 Å². The molecule has 32 heavy (non-hydrogen) atoms. The van der Waals surface area contributed by atoms with Crippen molar-refractivity contribution in [3.05, 3.63) is 42.2 Å². The van der Waals surface area contributed by atoms with E-state index in [2.05, 4.69) is 35.9 Å². The van der Waals surface area contributed by atoms with Gasteiger partial charge in [0.2, 0.25) is 0 Å². The molecule has 0 saturated heterocycles. The smallest absolute Gasteiger partial charge is 0.159 e. The summed E-state index contributed by atoms with van der Waals surface area (Å²) in [4.78, 5) is 9.27. The topological polar surface area (TPSA) is 35.0 Å². The minimum Gasteiger partial charge on any atom is -0.494 e. The van der Waals surface area contributed by atoms with E-state index in [4.69, 9.17) is 4.74 Å². The van der Waals surface area contributed by atoms with E-state index in [9.17, 15) is 0 Å². The van der Waals surface area contributed by atoms with Gasteiger partial charge in [-0.1, -0.05) is 84.5 Å². The number of hydrogen-bond donors (Lipinski definition) is 0. The second-order valence-corrected chi connectivity index (χ2v) is 9.74. The van der Waals surface area contributed by atoms with Crippen LogP contribution in [0.5, 0.6) is 5.75 Å². The summed E-state index contributed by atoms with van der Waals surface area (Å²) < 4.78 is 5.91. The zero-order chi connectivity index (χ0) is 22.4. The van der Waals surface area contributed by atoms with Crippen LogP contribution >= 0.6 is 0 Å². The first kappa shape index (κ1) is 24.7. The molecule has 3 heteroatoms. The molecule has 2 aromatic rings. The second-order valence-electron chi connectivity index (χ2n) is 9.74. The molecule has 1 aliphatic rings. The number of hydrogen-bond acceptors (Lipinski definition) is 3. The fourth-order valence-corrected chi connectivity index (χ4v) is 4.88. The maximum Gasteiger partial charge on any atom is 0.159 e. The minimum absolute atomic E-state index is 0.802. The Morgan fingerprint density at radius 1 is 0.781 bits per heavy atom. The van der Waals surface area contributed by atoms with Crippen molar-refractivity contribution in [1.82, 2.24) is 9.97 Å². The Morgan fingerprint density at radius 2 is 1.41 bits per heavy atom. The van der Waals surface area contributed by atoms with E-state index < -0.39 is 0 Å². The summed E-state index contributed by atoms with van der Waals surface area (Å²) in [5.74, 6) is 3.61. The predicted octanol–water partition coefficient (Wildman–Crippen LogP) is 8.42. The molecule has 1 aromatic heterocycles. The van der Waals surface area contributed by atoms with Crippen LogP contribution in [-0.4, -0.2) is 16.6 Å². The molecule has 0 aliphatic heterocycles. The Labute approximate surface area is 196 Å². The molecule has 0 atom stereocenters. The molecule has 1 fully saturated rings. The molecule has 3 rings (SSSR count).